The lowest BCUT2D eigenvalue weighted by molar-refractivity contribution is -0.120. The Bertz CT molecular complexity index is 1630. The molecule has 0 aliphatic rings. The molecule has 6 heteroatoms. The molecule has 5 aromatic rings. The van der Waals surface area contributed by atoms with E-state index in [-0.39, 0.29) is 24.7 Å². The molecular weight excluding hydrogens is 472 g/mol. The molecule has 0 aliphatic carbocycles. The van der Waals surface area contributed by atoms with Crippen molar-refractivity contribution in [1.29, 1.82) is 0 Å². The van der Waals surface area contributed by atoms with Gasteiger partial charge in [0.1, 0.15) is 0 Å². The van der Waals surface area contributed by atoms with Gasteiger partial charge in [0.2, 0.25) is 11.8 Å². The van der Waals surface area contributed by atoms with E-state index >= 15 is 0 Å². The van der Waals surface area contributed by atoms with Crippen molar-refractivity contribution in [2.45, 2.75) is 33.2 Å². The molecule has 6 nitrogen and oxygen atoms in total. The summed E-state index contributed by atoms with van der Waals surface area (Å²) in [5.41, 5.74) is 9.28. The SMILES string of the molecule is CCn1c2ccccc2c2cc(NC(=O)C/C(C)=N\NC(=O)Cc3ccc(-c4ccccc4)cc3)ccc21. The van der Waals surface area contributed by atoms with Crippen LogP contribution in [0.1, 0.15) is 25.8 Å². The Labute approximate surface area is 222 Å². The number of aryl methyl sites for hydroxylation is 1. The summed E-state index contributed by atoms with van der Waals surface area (Å²) in [6, 6.07) is 32.3. The highest BCUT2D eigenvalue weighted by Gasteiger charge is 2.12. The Morgan fingerprint density at radius 1 is 0.763 bits per heavy atom. The van der Waals surface area contributed by atoms with Gasteiger partial charge in [0, 0.05) is 39.7 Å². The molecule has 4 aromatic carbocycles. The summed E-state index contributed by atoms with van der Waals surface area (Å²) in [4.78, 5) is 25.0. The van der Waals surface area contributed by atoms with E-state index in [2.05, 4.69) is 51.6 Å². The Balaban J connectivity index is 1.17. The van der Waals surface area contributed by atoms with E-state index < -0.39 is 0 Å². The molecule has 0 radical (unpaired) electrons. The molecule has 0 saturated heterocycles. The fraction of sp³-hybridized carbons (Fsp3) is 0.156. The minimum absolute atomic E-state index is 0.0841. The van der Waals surface area contributed by atoms with Crippen molar-refractivity contribution >= 4 is 45.0 Å². The number of fused-ring (bicyclic) bond motifs is 3. The second-order valence-corrected chi connectivity index (χ2v) is 9.34. The van der Waals surface area contributed by atoms with Crippen LogP contribution in [0.25, 0.3) is 32.9 Å². The molecule has 2 N–H and O–H groups in total. The van der Waals surface area contributed by atoms with Crippen LogP contribution < -0.4 is 10.7 Å². The summed E-state index contributed by atoms with van der Waals surface area (Å²) in [6.07, 6.45) is 0.296. The number of amides is 2. The maximum absolute atomic E-state index is 12.7. The Morgan fingerprint density at radius 2 is 1.45 bits per heavy atom. The molecule has 0 spiro atoms. The molecule has 0 atom stereocenters. The number of para-hydroxylation sites is 1. The third-order valence-corrected chi connectivity index (χ3v) is 6.59. The largest absolute Gasteiger partial charge is 0.341 e. The van der Waals surface area contributed by atoms with Gasteiger partial charge in [0.05, 0.1) is 12.8 Å². The summed E-state index contributed by atoms with van der Waals surface area (Å²) >= 11 is 0. The first kappa shape index (κ1) is 25.0. The zero-order valence-electron chi connectivity index (χ0n) is 21.6. The standard InChI is InChI=1S/C32H30N4O2/c1-3-36-29-12-8-7-11-27(29)28-21-26(17-18-30(28)36)33-31(37)19-22(2)34-35-32(38)20-23-13-15-25(16-14-23)24-9-5-4-6-10-24/h4-18,21H,3,19-20H2,1-2H3,(H,33,37)(H,35,38)/b34-22-. The van der Waals surface area contributed by atoms with Crippen LogP contribution in [-0.2, 0) is 22.6 Å². The summed E-state index contributed by atoms with van der Waals surface area (Å²) in [6.45, 7) is 4.73. The number of nitrogens with zero attached hydrogens (tertiary/aromatic N) is 2. The molecule has 1 heterocycles. The van der Waals surface area contributed by atoms with Crippen molar-refractivity contribution in [3.8, 4) is 11.1 Å². The van der Waals surface area contributed by atoms with Crippen LogP contribution >= 0.6 is 0 Å². The van der Waals surface area contributed by atoms with E-state index in [0.29, 0.717) is 5.71 Å². The van der Waals surface area contributed by atoms with Crippen molar-refractivity contribution in [1.82, 2.24) is 9.99 Å². The fourth-order valence-electron chi connectivity index (χ4n) is 4.78. The smallest absolute Gasteiger partial charge is 0.244 e. The molecule has 190 valence electrons. The minimum atomic E-state index is -0.227. The lowest BCUT2D eigenvalue weighted by Gasteiger charge is -2.07. The predicted molar refractivity (Wildman–Crippen MR) is 155 cm³/mol. The minimum Gasteiger partial charge on any atom is -0.341 e. The number of aromatic nitrogens is 1. The van der Waals surface area contributed by atoms with Crippen LogP contribution in [0.5, 0.6) is 0 Å². The molecule has 0 bridgehead atoms. The normalized spacial score (nSPS) is 11.6. The van der Waals surface area contributed by atoms with E-state index in [9.17, 15) is 9.59 Å². The maximum atomic E-state index is 12.7. The number of benzene rings is 4. The van der Waals surface area contributed by atoms with Gasteiger partial charge in [-0.05, 0) is 54.8 Å². The zero-order valence-corrected chi connectivity index (χ0v) is 21.6. The average molecular weight is 503 g/mol. The summed E-state index contributed by atoms with van der Waals surface area (Å²) in [5.74, 6) is -0.412. The van der Waals surface area contributed by atoms with Crippen molar-refractivity contribution < 1.29 is 9.59 Å². The van der Waals surface area contributed by atoms with E-state index in [1.807, 2.05) is 72.8 Å². The van der Waals surface area contributed by atoms with Gasteiger partial charge in [0.15, 0.2) is 0 Å². The number of hydrogen-bond donors (Lipinski definition) is 2. The average Bonchev–Trinajstić information content (AvgIpc) is 3.25. The number of rotatable bonds is 8. The molecule has 0 fully saturated rings. The van der Waals surface area contributed by atoms with Crippen LogP contribution in [-0.4, -0.2) is 22.1 Å². The van der Waals surface area contributed by atoms with Gasteiger partial charge in [-0.2, -0.15) is 5.10 Å². The number of carbonyl (C=O) groups is 2. The lowest BCUT2D eigenvalue weighted by Crippen LogP contribution is -2.22. The second-order valence-electron chi connectivity index (χ2n) is 9.34. The van der Waals surface area contributed by atoms with E-state index in [4.69, 9.17) is 0 Å². The first-order valence-electron chi connectivity index (χ1n) is 12.8. The molecule has 0 aliphatic heterocycles. The molecular formula is C32H30N4O2. The van der Waals surface area contributed by atoms with Gasteiger partial charge in [-0.1, -0.05) is 72.8 Å². The Kier molecular flexibility index (Phi) is 7.31. The van der Waals surface area contributed by atoms with Crippen molar-refractivity contribution in [3.63, 3.8) is 0 Å². The first-order chi connectivity index (χ1) is 18.5. The topological polar surface area (TPSA) is 75.5 Å². The Hall–Kier alpha value is -4.71. The zero-order chi connectivity index (χ0) is 26.5. The predicted octanol–water partition coefficient (Wildman–Crippen LogP) is 6.54. The van der Waals surface area contributed by atoms with Crippen molar-refractivity contribution in [2.24, 2.45) is 5.10 Å². The highest BCUT2D eigenvalue weighted by atomic mass is 16.2. The van der Waals surface area contributed by atoms with Gasteiger partial charge in [0.25, 0.3) is 0 Å². The van der Waals surface area contributed by atoms with E-state index in [1.165, 1.54) is 5.52 Å². The van der Waals surface area contributed by atoms with Crippen LogP contribution in [0.3, 0.4) is 0 Å². The molecule has 5 rings (SSSR count). The number of anilines is 1. The van der Waals surface area contributed by atoms with Crippen LogP contribution in [0.15, 0.2) is 102 Å². The van der Waals surface area contributed by atoms with Crippen LogP contribution in [0, 0.1) is 0 Å². The van der Waals surface area contributed by atoms with Gasteiger partial charge >= 0.3 is 0 Å². The van der Waals surface area contributed by atoms with Gasteiger partial charge < -0.3 is 9.88 Å². The number of nitrogens with one attached hydrogen (secondary N) is 2. The van der Waals surface area contributed by atoms with Crippen molar-refractivity contribution in [3.05, 3.63) is 103 Å². The lowest BCUT2D eigenvalue weighted by atomic mass is 10.0. The number of hydrogen-bond acceptors (Lipinski definition) is 3. The first-order valence-corrected chi connectivity index (χ1v) is 12.8. The van der Waals surface area contributed by atoms with Crippen LogP contribution in [0.2, 0.25) is 0 Å². The third-order valence-electron chi connectivity index (χ3n) is 6.59. The highest BCUT2D eigenvalue weighted by molar-refractivity contribution is 6.11. The second kappa shape index (κ2) is 11.1. The quantitative estimate of drug-likeness (QED) is 0.187. The van der Waals surface area contributed by atoms with E-state index in [0.717, 1.165) is 45.2 Å². The van der Waals surface area contributed by atoms with Crippen molar-refractivity contribution in [2.75, 3.05) is 5.32 Å². The highest BCUT2D eigenvalue weighted by Crippen LogP contribution is 2.31. The van der Waals surface area contributed by atoms with E-state index in [1.54, 1.807) is 6.92 Å². The molecule has 1 aromatic heterocycles. The summed E-state index contributed by atoms with van der Waals surface area (Å²) in [7, 11) is 0. The molecule has 0 saturated carbocycles. The Morgan fingerprint density at radius 3 is 2.21 bits per heavy atom. The number of hydrazone groups is 1. The summed E-state index contributed by atoms with van der Waals surface area (Å²) < 4.78 is 2.27. The monoisotopic (exact) mass is 502 g/mol. The van der Waals surface area contributed by atoms with Crippen LogP contribution in [0.4, 0.5) is 5.69 Å². The molecule has 38 heavy (non-hydrogen) atoms. The number of carbonyl (C=O) groups excluding carboxylic acids is 2. The third kappa shape index (κ3) is 5.49. The molecule has 2 amide bonds. The molecule has 0 unspecified atom stereocenters. The summed E-state index contributed by atoms with van der Waals surface area (Å²) in [5, 5.41) is 9.36. The maximum Gasteiger partial charge on any atom is 0.244 e. The van der Waals surface area contributed by atoms with Gasteiger partial charge in [-0.25, -0.2) is 5.43 Å². The van der Waals surface area contributed by atoms with Gasteiger partial charge in [-0.3, -0.25) is 9.59 Å². The van der Waals surface area contributed by atoms with Gasteiger partial charge in [-0.15, -0.1) is 0 Å². The fourth-order valence-corrected chi connectivity index (χ4v) is 4.78.